The van der Waals surface area contributed by atoms with Gasteiger partial charge in [0, 0.05) is 38.2 Å². The molecule has 1 amide bonds. The first-order valence-electron chi connectivity index (χ1n) is 11.5. The maximum absolute atomic E-state index is 12.7. The summed E-state index contributed by atoms with van der Waals surface area (Å²) < 4.78 is 9.02. The molecule has 166 valence electrons. The normalized spacial score (nSPS) is 20.7. The summed E-state index contributed by atoms with van der Waals surface area (Å²) >= 11 is 0. The number of carbonyl (C=O) groups is 1. The van der Waals surface area contributed by atoms with Gasteiger partial charge in [0.15, 0.2) is 0 Å². The van der Waals surface area contributed by atoms with Gasteiger partial charge < -0.3 is 10.1 Å². The molecule has 1 aliphatic carbocycles. The van der Waals surface area contributed by atoms with Crippen LogP contribution in [-0.4, -0.2) is 62.7 Å². The minimum Gasteiger partial charge on any atom is -0.477 e. The van der Waals surface area contributed by atoms with Crippen LogP contribution in [0.3, 0.4) is 0 Å². The van der Waals surface area contributed by atoms with E-state index in [4.69, 9.17) is 4.74 Å². The van der Waals surface area contributed by atoms with Crippen LogP contribution >= 0.6 is 0 Å². The van der Waals surface area contributed by atoms with Crippen LogP contribution in [0.15, 0.2) is 17.1 Å². The lowest BCUT2D eigenvalue weighted by Crippen LogP contribution is -2.48. The van der Waals surface area contributed by atoms with Crippen molar-refractivity contribution in [2.45, 2.75) is 64.1 Å². The van der Waals surface area contributed by atoms with E-state index in [2.05, 4.69) is 20.4 Å². The van der Waals surface area contributed by atoms with E-state index in [1.165, 1.54) is 0 Å². The van der Waals surface area contributed by atoms with Gasteiger partial charge in [-0.3, -0.25) is 14.5 Å². The molecule has 0 radical (unpaired) electrons. The van der Waals surface area contributed by atoms with Gasteiger partial charge in [0.1, 0.15) is 5.56 Å². The summed E-state index contributed by atoms with van der Waals surface area (Å²) in [4.78, 5) is 27.5. The van der Waals surface area contributed by atoms with Crippen LogP contribution in [0.25, 0.3) is 0 Å². The Morgan fingerprint density at radius 3 is 3.03 bits per heavy atom. The van der Waals surface area contributed by atoms with Gasteiger partial charge in [-0.05, 0) is 44.2 Å². The van der Waals surface area contributed by atoms with Crippen LogP contribution in [0, 0.1) is 0 Å². The summed E-state index contributed by atoms with van der Waals surface area (Å²) in [6.07, 6.45) is 8.87. The second-order valence-electron chi connectivity index (χ2n) is 8.72. The SMILES string of the molecule is O=C(NCC1CCCCN1CCn1nc2c(cc1=O)CCC2)c1cnn2c1OCCC2. The first-order valence-corrected chi connectivity index (χ1v) is 11.5. The fraction of sp³-hybridized carbons (Fsp3) is 0.636. The molecule has 2 aromatic heterocycles. The smallest absolute Gasteiger partial charge is 0.267 e. The average Bonchev–Trinajstić information content (AvgIpc) is 3.43. The Labute approximate surface area is 181 Å². The zero-order valence-electron chi connectivity index (χ0n) is 17.9. The van der Waals surface area contributed by atoms with Gasteiger partial charge in [0.2, 0.25) is 5.88 Å². The molecule has 1 saturated heterocycles. The minimum atomic E-state index is -0.134. The van der Waals surface area contributed by atoms with Gasteiger partial charge >= 0.3 is 0 Å². The van der Waals surface area contributed by atoms with Crippen molar-refractivity contribution in [2.75, 3.05) is 26.2 Å². The summed E-state index contributed by atoms with van der Waals surface area (Å²) in [6.45, 7) is 4.32. The lowest BCUT2D eigenvalue weighted by molar-refractivity contribution is 0.0903. The molecule has 2 aliphatic heterocycles. The number of nitrogens with zero attached hydrogens (tertiary/aromatic N) is 5. The van der Waals surface area contributed by atoms with E-state index in [-0.39, 0.29) is 17.5 Å². The van der Waals surface area contributed by atoms with Gasteiger partial charge in [-0.1, -0.05) is 6.42 Å². The average molecular weight is 427 g/mol. The number of hydrogen-bond acceptors (Lipinski definition) is 6. The zero-order chi connectivity index (χ0) is 21.2. The molecule has 4 heterocycles. The molecule has 1 fully saturated rings. The topological polar surface area (TPSA) is 94.3 Å². The minimum absolute atomic E-state index is 0.00602. The van der Waals surface area contributed by atoms with Crippen LogP contribution in [0.4, 0.5) is 0 Å². The molecular weight excluding hydrogens is 396 g/mol. The maximum atomic E-state index is 12.7. The number of hydrogen-bond donors (Lipinski definition) is 1. The third kappa shape index (κ3) is 4.23. The van der Waals surface area contributed by atoms with E-state index in [0.29, 0.717) is 31.1 Å². The van der Waals surface area contributed by atoms with Gasteiger partial charge in [0.25, 0.3) is 11.5 Å². The van der Waals surface area contributed by atoms with Crippen molar-refractivity contribution in [1.29, 1.82) is 0 Å². The van der Waals surface area contributed by atoms with Crippen molar-refractivity contribution in [1.82, 2.24) is 29.8 Å². The van der Waals surface area contributed by atoms with E-state index in [0.717, 1.165) is 75.8 Å². The molecule has 1 unspecified atom stereocenters. The monoisotopic (exact) mass is 426 g/mol. The fourth-order valence-corrected chi connectivity index (χ4v) is 4.94. The molecule has 0 spiro atoms. The molecule has 1 atom stereocenters. The van der Waals surface area contributed by atoms with Gasteiger partial charge in [-0.2, -0.15) is 10.2 Å². The van der Waals surface area contributed by atoms with Crippen molar-refractivity contribution in [2.24, 2.45) is 0 Å². The molecule has 9 nitrogen and oxygen atoms in total. The van der Waals surface area contributed by atoms with E-state index < -0.39 is 0 Å². The number of rotatable bonds is 6. The van der Waals surface area contributed by atoms with Gasteiger partial charge in [0.05, 0.1) is 25.0 Å². The Balaban J connectivity index is 1.20. The van der Waals surface area contributed by atoms with E-state index >= 15 is 0 Å². The van der Waals surface area contributed by atoms with Gasteiger partial charge in [-0.15, -0.1) is 0 Å². The van der Waals surface area contributed by atoms with Crippen molar-refractivity contribution in [3.63, 3.8) is 0 Å². The van der Waals surface area contributed by atoms with Crippen molar-refractivity contribution < 1.29 is 9.53 Å². The number of nitrogens with one attached hydrogen (secondary N) is 1. The molecule has 9 heteroatoms. The first-order chi connectivity index (χ1) is 15.2. The molecule has 1 N–H and O–H groups in total. The highest BCUT2D eigenvalue weighted by Gasteiger charge is 2.26. The first kappa shape index (κ1) is 20.2. The standard InChI is InChI=1S/C22H30N6O3/c29-20-13-16-5-3-7-19(16)25-27(20)11-10-26-8-2-1-6-17(26)14-23-21(30)18-15-24-28-9-4-12-31-22(18)28/h13,15,17H,1-12,14H2,(H,23,30). The largest absolute Gasteiger partial charge is 0.477 e. The number of ether oxygens (including phenoxy) is 1. The van der Waals surface area contributed by atoms with Crippen LogP contribution in [-0.2, 0) is 25.9 Å². The molecular formula is C22H30N6O3. The van der Waals surface area contributed by atoms with Crippen LogP contribution in [0.5, 0.6) is 5.88 Å². The van der Waals surface area contributed by atoms with Crippen molar-refractivity contribution >= 4 is 5.91 Å². The quantitative estimate of drug-likeness (QED) is 0.741. The van der Waals surface area contributed by atoms with E-state index in [1.807, 2.05) is 0 Å². The Morgan fingerprint density at radius 1 is 1.16 bits per heavy atom. The molecule has 0 bridgehead atoms. The molecule has 2 aromatic rings. The lowest BCUT2D eigenvalue weighted by atomic mass is 10.0. The van der Waals surface area contributed by atoms with Crippen LogP contribution in [0.1, 0.15) is 53.7 Å². The van der Waals surface area contributed by atoms with Gasteiger partial charge in [-0.25, -0.2) is 9.36 Å². The van der Waals surface area contributed by atoms with E-state index in [9.17, 15) is 9.59 Å². The summed E-state index contributed by atoms with van der Waals surface area (Å²) in [5.41, 5.74) is 2.70. The van der Waals surface area contributed by atoms with Crippen LogP contribution in [0.2, 0.25) is 0 Å². The maximum Gasteiger partial charge on any atom is 0.267 e. The molecule has 5 rings (SSSR count). The number of piperidine rings is 1. The molecule has 3 aliphatic rings. The Bertz CT molecular complexity index is 1010. The number of fused-ring (bicyclic) bond motifs is 2. The number of amides is 1. The van der Waals surface area contributed by atoms with E-state index in [1.54, 1.807) is 21.6 Å². The zero-order valence-corrected chi connectivity index (χ0v) is 17.9. The van der Waals surface area contributed by atoms with Crippen molar-refractivity contribution in [3.8, 4) is 5.88 Å². The molecule has 0 saturated carbocycles. The highest BCUT2D eigenvalue weighted by Crippen LogP contribution is 2.23. The summed E-state index contributed by atoms with van der Waals surface area (Å²) in [6, 6.07) is 2.02. The predicted molar refractivity (Wildman–Crippen MR) is 114 cm³/mol. The molecule has 0 aromatic carbocycles. The fourth-order valence-electron chi connectivity index (χ4n) is 4.94. The Hall–Kier alpha value is -2.68. The second-order valence-corrected chi connectivity index (χ2v) is 8.72. The van der Waals surface area contributed by atoms with Crippen LogP contribution < -0.4 is 15.6 Å². The highest BCUT2D eigenvalue weighted by molar-refractivity contribution is 5.96. The number of carbonyl (C=O) groups excluding carboxylic acids is 1. The van der Waals surface area contributed by atoms with Crippen molar-refractivity contribution in [3.05, 3.63) is 39.4 Å². The number of aryl methyl sites for hydroxylation is 3. The molecule has 31 heavy (non-hydrogen) atoms. The Kier molecular flexibility index (Phi) is 5.76. The Morgan fingerprint density at radius 2 is 2.10 bits per heavy atom. The summed E-state index contributed by atoms with van der Waals surface area (Å²) in [7, 11) is 0. The summed E-state index contributed by atoms with van der Waals surface area (Å²) in [5, 5.41) is 11.9. The second kappa shape index (κ2) is 8.82. The number of likely N-dealkylation sites (tertiary alicyclic amines) is 1. The number of aromatic nitrogens is 4. The third-order valence-corrected chi connectivity index (χ3v) is 6.66. The predicted octanol–water partition coefficient (Wildman–Crippen LogP) is 0.995. The highest BCUT2D eigenvalue weighted by atomic mass is 16.5. The lowest BCUT2D eigenvalue weighted by Gasteiger charge is -2.35. The summed E-state index contributed by atoms with van der Waals surface area (Å²) in [5.74, 6) is 0.441. The third-order valence-electron chi connectivity index (χ3n) is 6.66.